The number of nitrogens with zero attached hydrogens (tertiary/aromatic N) is 1. The highest BCUT2D eigenvalue weighted by atomic mass is 16.5. The number of aryl methyl sites for hydroxylation is 1. The van der Waals surface area contributed by atoms with E-state index in [2.05, 4.69) is 41.9 Å². The highest BCUT2D eigenvalue weighted by Gasteiger charge is 2.40. The molecule has 0 radical (unpaired) electrons. The lowest BCUT2D eigenvalue weighted by Crippen LogP contribution is -2.51. The third-order valence-electron chi connectivity index (χ3n) is 5.91. The Morgan fingerprint density at radius 1 is 1.35 bits per heavy atom. The Bertz CT molecular complexity index is 705. The fourth-order valence-electron chi connectivity index (χ4n) is 5.07. The monoisotopic (exact) mass is 312 g/mol. The molecule has 2 heterocycles. The zero-order chi connectivity index (χ0) is 16.0. The van der Waals surface area contributed by atoms with Crippen molar-refractivity contribution in [2.24, 2.45) is 5.92 Å². The molecule has 1 aromatic carbocycles. The van der Waals surface area contributed by atoms with E-state index < -0.39 is 0 Å². The van der Waals surface area contributed by atoms with Gasteiger partial charge in [-0.2, -0.15) is 0 Å². The maximum Gasteiger partial charge on any atom is 0.0502 e. The Kier molecular flexibility index (Phi) is 3.94. The number of hydrogen-bond donors (Lipinski definition) is 1. The third kappa shape index (κ3) is 2.41. The van der Waals surface area contributed by atoms with Crippen LogP contribution >= 0.6 is 0 Å². The smallest absolute Gasteiger partial charge is 0.0502 e. The number of nitrogens with one attached hydrogen (secondary N) is 1. The quantitative estimate of drug-likeness (QED) is 0.928. The molecule has 1 N–H and O–H groups in total. The molecule has 1 fully saturated rings. The molecule has 2 aromatic rings. The molecule has 3 heteroatoms. The molecule has 1 saturated heterocycles. The summed E-state index contributed by atoms with van der Waals surface area (Å²) in [7, 11) is 1.84. The highest BCUT2D eigenvalue weighted by Crippen LogP contribution is 2.45. The van der Waals surface area contributed by atoms with E-state index in [4.69, 9.17) is 4.74 Å². The van der Waals surface area contributed by atoms with Gasteiger partial charge in [-0.3, -0.25) is 4.90 Å². The van der Waals surface area contributed by atoms with Crippen LogP contribution in [-0.4, -0.2) is 42.7 Å². The van der Waals surface area contributed by atoms with Crippen LogP contribution in [0.15, 0.2) is 18.2 Å². The number of fused-ring (bicyclic) bond motifs is 2. The van der Waals surface area contributed by atoms with Crippen molar-refractivity contribution in [3.05, 3.63) is 35.0 Å². The van der Waals surface area contributed by atoms with Gasteiger partial charge in [-0.15, -0.1) is 0 Å². The number of rotatable bonds is 4. The van der Waals surface area contributed by atoms with Gasteiger partial charge in [0.25, 0.3) is 0 Å². The van der Waals surface area contributed by atoms with Crippen molar-refractivity contribution >= 4 is 10.9 Å². The van der Waals surface area contributed by atoms with Gasteiger partial charge in [0, 0.05) is 42.2 Å². The lowest BCUT2D eigenvalue weighted by molar-refractivity contribution is 0.0428. The van der Waals surface area contributed by atoms with E-state index in [1.54, 1.807) is 11.1 Å². The van der Waals surface area contributed by atoms with E-state index in [0.29, 0.717) is 17.9 Å². The van der Waals surface area contributed by atoms with Crippen LogP contribution in [0.2, 0.25) is 0 Å². The molecule has 0 spiro atoms. The molecule has 124 valence electrons. The first-order valence-corrected chi connectivity index (χ1v) is 9.06. The van der Waals surface area contributed by atoms with Crippen molar-refractivity contribution in [2.75, 3.05) is 26.8 Å². The third-order valence-corrected chi connectivity index (χ3v) is 5.91. The maximum atomic E-state index is 5.50. The SMILES string of the molecule is CCCN1C[C@H](COC)C[C@@H]2c3cccc4[nH]c(C)c(c34)C[C@H]21. The Morgan fingerprint density at radius 2 is 2.22 bits per heavy atom. The molecule has 0 unspecified atom stereocenters. The first-order chi connectivity index (χ1) is 11.2. The van der Waals surface area contributed by atoms with Crippen molar-refractivity contribution in [2.45, 2.75) is 45.1 Å². The van der Waals surface area contributed by atoms with Crippen LogP contribution in [0.3, 0.4) is 0 Å². The van der Waals surface area contributed by atoms with E-state index in [1.807, 2.05) is 7.11 Å². The molecule has 3 nitrogen and oxygen atoms in total. The summed E-state index contributed by atoms with van der Waals surface area (Å²) in [4.78, 5) is 6.35. The zero-order valence-electron chi connectivity index (χ0n) is 14.6. The maximum absolute atomic E-state index is 5.50. The topological polar surface area (TPSA) is 28.3 Å². The standard InChI is InChI=1S/C20H28N2O/c1-4-8-22-11-14(12-23-3)9-17-15-6-5-7-18-20(15)16(10-19(17)22)13(2)21-18/h5-7,14,17,19,21H,4,8-12H2,1-3H3/t14-,17-,19-/m1/s1. The summed E-state index contributed by atoms with van der Waals surface area (Å²) >= 11 is 0. The number of piperidine rings is 1. The number of hydrogen-bond acceptors (Lipinski definition) is 2. The molecule has 1 aromatic heterocycles. The van der Waals surface area contributed by atoms with Gasteiger partial charge >= 0.3 is 0 Å². The van der Waals surface area contributed by atoms with Crippen molar-refractivity contribution < 1.29 is 4.74 Å². The van der Waals surface area contributed by atoms with Gasteiger partial charge < -0.3 is 9.72 Å². The number of ether oxygens (including phenoxy) is 1. The minimum absolute atomic E-state index is 0.654. The predicted octanol–water partition coefficient (Wildman–Crippen LogP) is 3.86. The lowest BCUT2D eigenvalue weighted by Gasteiger charge is -2.47. The van der Waals surface area contributed by atoms with Gasteiger partial charge in [0.05, 0.1) is 6.61 Å². The zero-order valence-corrected chi connectivity index (χ0v) is 14.6. The molecule has 0 amide bonds. The van der Waals surface area contributed by atoms with E-state index >= 15 is 0 Å². The number of likely N-dealkylation sites (tertiary alicyclic amines) is 1. The number of aromatic amines is 1. The second kappa shape index (κ2) is 5.95. The van der Waals surface area contributed by atoms with Crippen LogP contribution in [0.1, 0.15) is 42.5 Å². The summed E-state index contributed by atoms with van der Waals surface area (Å²) in [6.07, 6.45) is 3.70. The van der Waals surface area contributed by atoms with E-state index in [0.717, 1.165) is 6.61 Å². The number of benzene rings is 1. The van der Waals surface area contributed by atoms with Gasteiger partial charge in [-0.25, -0.2) is 0 Å². The van der Waals surface area contributed by atoms with Crippen LogP contribution in [0, 0.1) is 12.8 Å². The summed E-state index contributed by atoms with van der Waals surface area (Å²) in [5, 5.41) is 1.51. The molecule has 1 aliphatic heterocycles. The Labute approximate surface area is 139 Å². The second-order valence-electron chi connectivity index (χ2n) is 7.43. The van der Waals surface area contributed by atoms with Gasteiger partial charge in [-0.05, 0) is 55.8 Å². The summed E-state index contributed by atoms with van der Waals surface area (Å²) < 4.78 is 5.50. The van der Waals surface area contributed by atoms with Crippen LogP contribution < -0.4 is 0 Å². The summed E-state index contributed by atoms with van der Waals surface area (Å²) in [6.45, 7) is 7.82. The minimum Gasteiger partial charge on any atom is -0.384 e. The number of methoxy groups -OCH3 is 1. The average molecular weight is 312 g/mol. The molecule has 3 atom stereocenters. The fourth-order valence-corrected chi connectivity index (χ4v) is 5.07. The Hall–Kier alpha value is -1.32. The van der Waals surface area contributed by atoms with E-state index in [9.17, 15) is 0 Å². The predicted molar refractivity (Wildman–Crippen MR) is 95.1 cm³/mol. The van der Waals surface area contributed by atoms with E-state index in [-0.39, 0.29) is 0 Å². The van der Waals surface area contributed by atoms with Crippen LogP contribution in [0.4, 0.5) is 0 Å². The molecule has 1 aliphatic carbocycles. The van der Waals surface area contributed by atoms with Crippen molar-refractivity contribution in [1.82, 2.24) is 9.88 Å². The molecule has 23 heavy (non-hydrogen) atoms. The first-order valence-electron chi connectivity index (χ1n) is 9.06. The first kappa shape index (κ1) is 15.2. The van der Waals surface area contributed by atoms with Gasteiger partial charge in [0.15, 0.2) is 0 Å². The molecular weight excluding hydrogens is 284 g/mol. The van der Waals surface area contributed by atoms with Gasteiger partial charge in [0.2, 0.25) is 0 Å². The van der Waals surface area contributed by atoms with Crippen LogP contribution in [-0.2, 0) is 11.2 Å². The summed E-state index contributed by atoms with van der Waals surface area (Å²) in [5.41, 5.74) is 5.81. The second-order valence-corrected chi connectivity index (χ2v) is 7.43. The van der Waals surface area contributed by atoms with Crippen LogP contribution in [0.25, 0.3) is 10.9 Å². The molecule has 4 rings (SSSR count). The molecule has 0 saturated carbocycles. The molecule has 2 aliphatic rings. The van der Waals surface area contributed by atoms with Crippen molar-refractivity contribution in [1.29, 1.82) is 0 Å². The van der Waals surface area contributed by atoms with Gasteiger partial charge in [0.1, 0.15) is 0 Å². The fraction of sp³-hybridized carbons (Fsp3) is 0.600. The van der Waals surface area contributed by atoms with Crippen molar-refractivity contribution in [3.8, 4) is 0 Å². The van der Waals surface area contributed by atoms with Crippen LogP contribution in [0.5, 0.6) is 0 Å². The van der Waals surface area contributed by atoms with Gasteiger partial charge in [-0.1, -0.05) is 19.1 Å². The number of H-pyrrole nitrogens is 1. The number of aromatic nitrogens is 1. The van der Waals surface area contributed by atoms with Crippen molar-refractivity contribution in [3.63, 3.8) is 0 Å². The molecule has 0 bridgehead atoms. The Balaban J connectivity index is 1.79. The summed E-state index contributed by atoms with van der Waals surface area (Å²) in [6, 6.07) is 7.49. The minimum atomic E-state index is 0.654. The normalized spacial score (nSPS) is 27.3. The average Bonchev–Trinajstić information content (AvgIpc) is 2.86. The largest absolute Gasteiger partial charge is 0.384 e. The Morgan fingerprint density at radius 3 is 3.00 bits per heavy atom. The highest BCUT2D eigenvalue weighted by molar-refractivity contribution is 5.89. The summed E-state index contributed by atoms with van der Waals surface area (Å²) in [5.74, 6) is 1.31. The van der Waals surface area contributed by atoms with E-state index in [1.165, 1.54) is 48.9 Å². The lowest BCUT2D eigenvalue weighted by atomic mass is 9.72. The molecular formula is C20H28N2O.